The molecule has 30 heavy (non-hydrogen) atoms. The molecular formula is C18H32N6O5Si. The lowest BCUT2D eigenvalue weighted by Gasteiger charge is -2.38. The Morgan fingerprint density at radius 3 is 2.50 bits per heavy atom. The van der Waals surface area contributed by atoms with Gasteiger partial charge in [0.05, 0.1) is 12.9 Å². The summed E-state index contributed by atoms with van der Waals surface area (Å²) >= 11 is 0. The molecule has 3 rings (SSSR count). The van der Waals surface area contributed by atoms with Crippen LogP contribution in [0.25, 0.3) is 11.2 Å². The van der Waals surface area contributed by atoms with Crippen molar-refractivity contribution in [3.05, 3.63) is 6.33 Å². The van der Waals surface area contributed by atoms with Crippen molar-refractivity contribution in [2.24, 2.45) is 0 Å². The van der Waals surface area contributed by atoms with Crippen LogP contribution in [0.3, 0.4) is 0 Å². The fraction of sp³-hybridized carbons (Fsp3) is 0.722. The minimum Gasteiger partial charge on any atom is -0.417 e. The summed E-state index contributed by atoms with van der Waals surface area (Å²) in [4.78, 5) is 12.4. The zero-order valence-corrected chi connectivity index (χ0v) is 19.0. The second-order valence-corrected chi connectivity index (χ2v) is 14.0. The first-order valence-electron chi connectivity index (χ1n) is 9.89. The van der Waals surface area contributed by atoms with Gasteiger partial charge in [0.1, 0.15) is 23.8 Å². The predicted molar refractivity (Wildman–Crippen MR) is 114 cm³/mol. The van der Waals surface area contributed by atoms with E-state index in [9.17, 15) is 15.3 Å². The molecule has 1 unspecified atom stereocenters. The number of hydrogen-bond donors (Lipinski definition) is 5. The molecule has 12 heteroatoms. The first-order valence-corrected chi connectivity index (χ1v) is 12.8. The molecule has 1 aliphatic heterocycles. The van der Waals surface area contributed by atoms with E-state index in [1.165, 1.54) is 10.9 Å². The number of rotatable bonds is 6. The fourth-order valence-corrected chi connectivity index (χ4v) is 4.47. The van der Waals surface area contributed by atoms with Crippen LogP contribution >= 0.6 is 0 Å². The van der Waals surface area contributed by atoms with Crippen molar-refractivity contribution in [1.82, 2.24) is 19.5 Å². The molecule has 2 aromatic rings. The van der Waals surface area contributed by atoms with Crippen LogP contribution in [0.1, 0.15) is 27.2 Å². The second kappa shape index (κ2) is 7.69. The normalized spacial score (nSPS) is 27.8. The third kappa shape index (κ3) is 3.67. The zero-order valence-electron chi connectivity index (χ0n) is 18.0. The van der Waals surface area contributed by atoms with E-state index < -0.39 is 39.0 Å². The van der Waals surface area contributed by atoms with Gasteiger partial charge < -0.3 is 35.9 Å². The lowest BCUT2D eigenvalue weighted by molar-refractivity contribution is -0.154. The van der Waals surface area contributed by atoms with Crippen molar-refractivity contribution < 1.29 is 24.5 Å². The van der Waals surface area contributed by atoms with Gasteiger partial charge in [0.2, 0.25) is 5.95 Å². The topological polar surface area (TPSA) is 175 Å². The molecule has 3 heterocycles. The van der Waals surface area contributed by atoms with E-state index in [1.54, 1.807) is 0 Å². The molecule has 0 bridgehead atoms. The summed E-state index contributed by atoms with van der Waals surface area (Å²) < 4.78 is 13.8. The molecule has 2 aromatic heterocycles. The third-order valence-corrected chi connectivity index (χ3v) is 10.8. The number of aliphatic hydroxyl groups is 3. The minimum atomic E-state index is -2.07. The van der Waals surface area contributed by atoms with Gasteiger partial charge >= 0.3 is 0 Å². The molecule has 7 N–H and O–H groups in total. The minimum absolute atomic E-state index is 0.000287. The molecule has 1 aliphatic rings. The van der Waals surface area contributed by atoms with Gasteiger partial charge in [-0.25, -0.2) is 4.98 Å². The van der Waals surface area contributed by atoms with Crippen LogP contribution in [0.4, 0.5) is 11.8 Å². The maximum Gasteiger partial charge on any atom is 0.224 e. The highest BCUT2D eigenvalue weighted by molar-refractivity contribution is 6.74. The van der Waals surface area contributed by atoms with Gasteiger partial charge in [0.15, 0.2) is 25.5 Å². The van der Waals surface area contributed by atoms with E-state index in [1.807, 2.05) is 0 Å². The molecule has 1 fully saturated rings. The number of imidazole rings is 1. The summed E-state index contributed by atoms with van der Waals surface area (Å²) in [5.41, 5.74) is 10.8. The third-order valence-electron chi connectivity index (χ3n) is 6.28. The molecule has 0 amide bonds. The number of nitrogens with zero attached hydrogens (tertiary/aromatic N) is 4. The van der Waals surface area contributed by atoms with Crippen molar-refractivity contribution in [2.45, 2.75) is 69.4 Å². The van der Waals surface area contributed by atoms with Crippen LogP contribution in [0.15, 0.2) is 6.33 Å². The van der Waals surface area contributed by atoms with Gasteiger partial charge in [0.25, 0.3) is 0 Å². The van der Waals surface area contributed by atoms with Crippen molar-refractivity contribution in [1.29, 1.82) is 0 Å². The van der Waals surface area contributed by atoms with E-state index in [-0.39, 0.29) is 35.5 Å². The van der Waals surface area contributed by atoms with Gasteiger partial charge in [-0.3, -0.25) is 4.57 Å². The predicted octanol–water partition coefficient (Wildman–Crippen LogP) is 0.168. The Kier molecular flexibility index (Phi) is 5.86. The Bertz CT molecular complexity index is 916. The summed E-state index contributed by atoms with van der Waals surface area (Å²) in [6, 6.07) is 0. The van der Waals surface area contributed by atoms with E-state index in [0.29, 0.717) is 5.52 Å². The molecule has 1 saturated heterocycles. The number of hydrogen-bond acceptors (Lipinski definition) is 10. The number of aromatic nitrogens is 4. The Morgan fingerprint density at radius 2 is 1.93 bits per heavy atom. The molecule has 4 atom stereocenters. The molecule has 0 radical (unpaired) electrons. The highest BCUT2D eigenvalue weighted by Gasteiger charge is 2.56. The van der Waals surface area contributed by atoms with Gasteiger partial charge in [-0.05, 0) is 18.1 Å². The van der Waals surface area contributed by atoms with E-state index >= 15 is 0 Å². The molecule has 0 saturated carbocycles. The fourth-order valence-electron chi connectivity index (χ4n) is 3.43. The molecule has 11 nitrogen and oxygen atoms in total. The van der Waals surface area contributed by atoms with Crippen LogP contribution in [0, 0.1) is 0 Å². The summed E-state index contributed by atoms with van der Waals surface area (Å²) in [5, 5.41) is 31.1. The van der Waals surface area contributed by atoms with Crippen LogP contribution in [0.5, 0.6) is 0 Å². The molecule has 0 aromatic carbocycles. The quantitative estimate of drug-likeness (QED) is 0.389. The Hall–Kier alpha value is -1.83. The molecule has 0 spiro atoms. The summed E-state index contributed by atoms with van der Waals surface area (Å²) in [6.45, 7) is 10.4. The number of fused-ring (bicyclic) bond motifs is 1. The largest absolute Gasteiger partial charge is 0.417 e. The number of nitrogen functional groups attached to an aromatic ring is 2. The van der Waals surface area contributed by atoms with Crippen LogP contribution in [-0.4, -0.2) is 74.7 Å². The monoisotopic (exact) mass is 440 g/mol. The Labute approximate surface area is 176 Å². The average Bonchev–Trinajstić information content (AvgIpc) is 3.16. The van der Waals surface area contributed by atoms with Gasteiger partial charge in [-0.1, -0.05) is 20.8 Å². The lowest BCUT2D eigenvalue weighted by atomic mass is 9.99. The van der Waals surface area contributed by atoms with E-state index in [4.69, 9.17) is 20.6 Å². The maximum absolute atomic E-state index is 11.0. The lowest BCUT2D eigenvalue weighted by Crippen LogP contribution is -2.48. The van der Waals surface area contributed by atoms with Crippen molar-refractivity contribution in [2.75, 3.05) is 24.7 Å². The smallest absolute Gasteiger partial charge is 0.224 e. The number of ether oxygens (including phenoxy) is 1. The standard InChI is InChI=1S/C18H32N6O5Si/c1-17(2,3)30(4,5)28-7-6-18(13(27)12(26)10(8-25)29-18)24-9-21-11-14(19)22-16(20)23-15(11)24/h9-10,12-13,25-27H,6-8H2,1-5H3,(H4,19,20,22,23)/t10-,12-,13-,18?/m1/s1. The van der Waals surface area contributed by atoms with Gasteiger partial charge in [0, 0.05) is 13.0 Å². The summed E-state index contributed by atoms with van der Waals surface area (Å²) in [7, 11) is -2.07. The number of anilines is 2. The molecule has 0 aliphatic carbocycles. The first kappa shape index (κ1) is 22.8. The molecule has 168 valence electrons. The second-order valence-electron chi connectivity index (χ2n) is 9.23. The van der Waals surface area contributed by atoms with Crippen molar-refractivity contribution in [3.8, 4) is 0 Å². The van der Waals surface area contributed by atoms with Crippen molar-refractivity contribution >= 4 is 31.2 Å². The zero-order chi connectivity index (χ0) is 22.5. The molecular weight excluding hydrogens is 408 g/mol. The van der Waals surface area contributed by atoms with E-state index in [0.717, 1.165) is 0 Å². The number of nitrogens with two attached hydrogens (primary N) is 2. The summed E-state index contributed by atoms with van der Waals surface area (Å²) in [5.74, 6) is 0.0387. The van der Waals surface area contributed by atoms with Crippen molar-refractivity contribution in [3.63, 3.8) is 0 Å². The highest BCUT2D eigenvalue weighted by atomic mass is 28.4. The maximum atomic E-state index is 11.0. The first-order chi connectivity index (χ1) is 13.8. The van der Waals surface area contributed by atoms with Crippen LogP contribution in [-0.2, 0) is 14.9 Å². The van der Waals surface area contributed by atoms with Crippen LogP contribution < -0.4 is 11.5 Å². The SMILES string of the molecule is CC(C)(C)[Si](C)(C)OCCC1(n2cnc3c(N)nc(N)nc32)O[C@H](CO)[C@@H](O)[C@H]1O. The Balaban J connectivity index is 2.03. The van der Waals surface area contributed by atoms with Gasteiger partial charge in [-0.15, -0.1) is 0 Å². The van der Waals surface area contributed by atoms with Gasteiger partial charge in [-0.2, -0.15) is 9.97 Å². The summed E-state index contributed by atoms with van der Waals surface area (Å²) in [6.07, 6.45) is -2.06. The highest BCUT2D eigenvalue weighted by Crippen LogP contribution is 2.42. The van der Waals surface area contributed by atoms with Crippen LogP contribution in [0.2, 0.25) is 18.1 Å². The Morgan fingerprint density at radius 1 is 1.27 bits per heavy atom. The van der Waals surface area contributed by atoms with E-state index in [2.05, 4.69) is 48.8 Å². The number of aliphatic hydroxyl groups excluding tert-OH is 3. The average molecular weight is 441 g/mol.